The smallest absolute Gasteiger partial charge is 0.191 e. The van der Waals surface area contributed by atoms with Gasteiger partial charge in [0.05, 0.1) is 0 Å². The van der Waals surface area contributed by atoms with Crippen LogP contribution in [0.4, 0.5) is 0 Å². The molecule has 1 fully saturated rings. The van der Waals surface area contributed by atoms with Gasteiger partial charge in [0, 0.05) is 45.3 Å². The van der Waals surface area contributed by atoms with Gasteiger partial charge in [-0.15, -0.1) is 24.0 Å². The Morgan fingerprint density at radius 1 is 1.12 bits per heavy atom. The van der Waals surface area contributed by atoms with E-state index < -0.39 is 0 Å². The molecule has 0 spiro atoms. The third kappa shape index (κ3) is 10.6. The number of hydrogen-bond donors (Lipinski definition) is 2. The van der Waals surface area contributed by atoms with Gasteiger partial charge in [0.25, 0.3) is 0 Å². The lowest BCUT2D eigenvalue weighted by atomic mass is 9.87. The molecule has 1 aliphatic rings. The Hall–Kier alpha value is -0.0800. The molecule has 1 atom stereocenters. The van der Waals surface area contributed by atoms with Crippen LogP contribution in [0.3, 0.4) is 0 Å². The minimum Gasteiger partial charge on any atom is -0.357 e. The van der Waals surface area contributed by atoms with Crippen molar-refractivity contribution in [1.82, 2.24) is 20.4 Å². The Kier molecular flexibility index (Phi) is 13.1. The first-order chi connectivity index (χ1) is 11.4. The first-order valence-corrected chi connectivity index (χ1v) is 9.79. The van der Waals surface area contributed by atoms with E-state index in [4.69, 9.17) is 4.99 Å². The van der Waals surface area contributed by atoms with Crippen LogP contribution in [0.25, 0.3) is 0 Å². The molecule has 1 heterocycles. The Labute approximate surface area is 173 Å². The molecule has 0 aromatic heterocycles. The normalized spacial score (nSPS) is 20.2. The van der Waals surface area contributed by atoms with E-state index >= 15 is 0 Å². The molecule has 1 unspecified atom stereocenters. The molecule has 25 heavy (non-hydrogen) atoms. The number of guanidine groups is 1. The summed E-state index contributed by atoms with van der Waals surface area (Å²) in [5, 5.41) is 6.95. The van der Waals surface area contributed by atoms with E-state index in [-0.39, 0.29) is 29.4 Å². The van der Waals surface area contributed by atoms with Gasteiger partial charge in [-0.25, -0.2) is 0 Å². The van der Waals surface area contributed by atoms with Gasteiger partial charge in [0.2, 0.25) is 0 Å². The van der Waals surface area contributed by atoms with E-state index in [1.54, 1.807) is 0 Å². The molecular weight excluding hydrogens is 425 g/mol. The van der Waals surface area contributed by atoms with Crippen molar-refractivity contribution in [2.24, 2.45) is 10.4 Å². The number of hydrogen-bond acceptors (Lipinski definition) is 3. The van der Waals surface area contributed by atoms with Crippen LogP contribution in [-0.2, 0) is 0 Å². The molecule has 0 radical (unpaired) electrons. The minimum atomic E-state index is 0. The summed E-state index contributed by atoms with van der Waals surface area (Å²) in [4.78, 5) is 9.71. The molecule has 2 N–H and O–H groups in total. The third-order valence-corrected chi connectivity index (χ3v) is 4.95. The molecule has 0 aromatic rings. The summed E-state index contributed by atoms with van der Waals surface area (Å²) in [6.45, 7) is 15.2. The molecule has 1 aliphatic heterocycles. The van der Waals surface area contributed by atoms with E-state index in [2.05, 4.69) is 62.2 Å². The first kappa shape index (κ1) is 24.9. The molecule has 6 heteroatoms. The highest BCUT2D eigenvalue weighted by Crippen LogP contribution is 2.23. The van der Waals surface area contributed by atoms with Crippen LogP contribution in [0.15, 0.2) is 4.99 Å². The number of halogens is 1. The molecule has 1 saturated heterocycles. The van der Waals surface area contributed by atoms with E-state index in [9.17, 15) is 0 Å². The molecular formula is C19H42IN5. The maximum atomic E-state index is 4.85. The number of unbranched alkanes of at least 4 members (excludes halogenated alkanes) is 2. The Morgan fingerprint density at radius 3 is 2.48 bits per heavy atom. The SMILES string of the molecule is CCCCCC(C)(C)CN=C(NCC)NCC1CN(C)CCN1C.I. The van der Waals surface area contributed by atoms with Gasteiger partial charge in [-0.05, 0) is 32.9 Å². The minimum absolute atomic E-state index is 0. The van der Waals surface area contributed by atoms with Gasteiger partial charge in [0.1, 0.15) is 0 Å². The summed E-state index contributed by atoms with van der Waals surface area (Å²) >= 11 is 0. The number of nitrogens with one attached hydrogen (secondary N) is 2. The van der Waals surface area contributed by atoms with Crippen LogP contribution in [0.1, 0.15) is 53.4 Å². The van der Waals surface area contributed by atoms with Crippen LogP contribution in [0.5, 0.6) is 0 Å². The molecule has 150 valence electrons. The number of nitrogens with zero attached hydrogens (tertiary/aromatic N) is 3. The van der Waals surface area contributed by atoms with Crippen LogP contribution in [0.2, 0.25) is 0 Å². The standard InChI is InChI=1S/C19H41N5.HI/c1-7-9-10-11-19(3,4)16-22-18(20-8-2)21-14-17-15-23(5)12-13-24(17)6;/h17H,7-16H2,1-6H3,(H2,20,21,22);1H. The highest BCUT2D eigenvalue weighted by Gasteiger charge is 2.22. The van der Waals surface area contributed by atoms with E-state index in [0.29, 0.717) is 6.04 Å². The van der Waals surface area contributed by atoms with Crippen molar-refractivity contribution in [2.45, 2.75) is 59.4 Å². The fraction of sp³-hybridized carbons (Fsp3) is 0.947. The van der Waals surface area contributed by atoms with Gasteiger partial charge in [0.15, 0.2) is 5.96 Å². The van der Waals surface area contributed by atoms with Crippen molar-refractivity contribution >= 4 is 29.9 Å². The van der Waals surface area contributed by atoms with Crippen molar-refractivity contribution in [3.8, 4) is 0 Å². The van der Waals surface area contributed by atoms with Crippen molar-refractivity contribution in [1.29, 1.82) is 0 Å². The highest BCUT2D eigenvalue weighted by molar-refractivity contribution is 14.0. The van der Waals surface area contributed by atoms with Crippen molar-refractivity contribution in [2.75, 3.05) is 53.4 Å². The monoisotopic (exact) mass is 467 g/mol. The van der Waals surface area contributed by atoms with Crippen molar-refractivity contribution < 1.29 is 0 Å². The van der Waals surface area contributed by atoms with E-state index in [1.165, 1.54) is 25.7 Å². The Bertz CT molecular complexity index is 373. The largest absolute Gasteiger partial charge is 0.357 e. The fourth-order valence-electron chi connectivity index (χ4n) is 3.10. The third-order valence-electron chi connectivity index (χ3n) is 4.95. The van der Waals surface area contributed by atoms with Crippen LogP contribution < -0.4 is 10.6 Å². The highest BCUT2D eigenvalue weighted by atomic mass is 127. The fourth-order valence-corrected chi connectivity index (χ4v) is 3.10. The van der Waals surface area contributed by atoms with E-state index in [0.717, 1.165) is 45.2 Å². The van der Waals surface area contributed by atoms with Crippen LogP contribution >= 0.6 is 24.0 Å². The van der Waals surface area contributed by atoms with E-state index in [1.807, 2.05) is 0 Å². The van der Waals surface area contributed by atoms with Gasteiger partial charge in [-0.2, -0.15) is 0 Å². The summed E-state index contributed by atoms with van der Waals surface area (Å²) in [6.07, 6.45) is 5.17. The zero-order valence-corrected chi connectivity index (χ0v) is 19.7. The summed E-state index contributed by atoms with van der Waals surface area (Å²) in [5.74, 6) is 0.961. The molecule has 0 bridgehead atoms. The second kappa shape index (κ2) is 13.1. The van der Waals surface area contributed by atoms with Gasteiger partial charge < -0.3 is 15.5 Å². The topological polar surface area (TPSA) is 42.9 Å². The average Bonchev–Trinajstić information content (AvgIpc) is 2.53. The number of piperazine rings is 1. The zero-order chi connectivity index (χ0) is 18.0. The zero-order valence-electron chi connectivity index (χ0n) is 17.4. The predicted octanol–water partition coefficient (Wildman–Crippen LogP) is 3.01. The summed E-state index contributed by atoms with van der Waals surface area (Å²) in [6, 6.07) is 0.546. The number of likely N-dealkylation sites (N-methyl/N-ethyl adjacent to an activating group) is 2. The molecule has 0 saturated carbocycles. The Balaban J connectivity index is 0.00000576. The first-order valence-electron chi connectivity index (χ1n) is 9.79. The number of rotatable bonds is 9. The maximum Gasteiger partial charge on any atom is 0.191 e. The summed E-state index contributed by atoms with van der Waals surface area (Å²) in [7, 11) is 4.43. The quantitative estimate of drug-likeness (QED) is 0.237. The van der Waals surface area contributed by atoms with Crippen molar-refractivity contribution in [3.05, 3.63) is 0 Å². The summed E-state index contributed by atoms with van der Waals surface area (Å²) < 4.78 is 0. The molecule has 0 aromatic carbocycles. The average molecular weight is 467 g/mol. The molecule has 0 aliphatic carbocycles. The summed E-state index contributed by atoms with van der Waals surface area (Å²) in [5.41, 5.74) is 0.277. The molecule has 1 rings (SSSR count). The van der Waals surface area contributed by atoms with Gasteiger partial charge >= 0.3 is 0 Å². The van der Waals surface area contributed by atoms with Crippen LogP contribution in [-0.4, -0.2) is 75.2 Å². The van der Waals surface area contributed by atoms with Crippen molar-refractivity contribution in [3.63, 3.8) is 0 Å². The van der Waals surface area contributed by atoms with Gasteiger partial charge in [-0.1, -0.05) is 40.0 Å². The second-order valence-electron chi connectivity index (χ2n) is 8.09. The van der Waals surface area contributed by atoms with Gasteiger partial charge in [-0.3, -0.25) is 9.89 Å². The maximum absolute atomic E-state index is 4.85. The van der Waals surface area contributed by atoms with Crippen LogP contribution in [0, 0.1) is 5.41 Å². The predicted molar refractivity (Wildman–Crippen MR) is 121 cm³/mol. The molecule has 0 amide bonds. The lowest BCUT2D eigenvalue weighted by Gasteiger charge is -2.38. The number of aliphatic imine (C=N–C) groups is 1. The lowest BCUT2D eigenvalue weighted by molar-refractivity contribution is 0.116. The molecule has 5 nitrogen and oxygen atoms in total. The lowest BCUT2D eigenvalue weighted by Crippen LogP contribution is -2.55. The second-order valence-corrected chi connectivity index (χ2v) is 8.09. The Morgan fingerprint density at radius 2 is 1.84 bits per heavy atom.